The standard InChI is InChI=1S/C23H32N4O4S2/c1-16-20(32-22(24-16)23(2,3)4)21(28)25-18-15-17(7-8-19(18)26-9-5-6-10-26)33(29,30)27-11-13-31-14-12-27/h7-8,15H,5-6,9-14H2,1-4H3,(H,25,28). The van der Waals surface area contributed by atoms with E-state index in [1.807, 2.05) is 13.0 Å². The molecule has 0 aliphatic carbocycles. The zero-order valence-electron chi connectivity index (χ0n) is 19.7. The van der Waals surface area contributed by atoms with Crippen LogP contribution in [0.5, 0.6) is 0 Å². The Kier molecular flexibility index (Phi) is 6.82. The first-order chi connectivity index (χ1) is 15.6. The van der Waals surface area contributed by atoms with Gasteiger partial charge in [0.2, 0.25) is 10.0 Å². The van der Waals surface area contributed by atoms with Gasteiger partial charge in [0.15, 0.2) is 0 Å². The highest BCUT2D eigenvalue weighted by Crippen LogP contribution is 2.34. The van der Waals surface area contributed by atoms with Crippen LogP contribution in [-0.2, 0) is 20.2 Å². The number of carbonyl (C=O) groups is 1. The summed E-state index contributed by atoms with van der Waals surface area (Å²) in [6.07, 6.45) is 2.15. The number of thiazole rings is 1. The first kappa shape index (κ1) is 24.1. The van der Waals surface area contributed by atoms with E-state index in [1.165, 1.54) is 15.6 Å². The van der Waals surface area contributed by atoms with Crippen LogP contribution in [0.2, 0.25) is 0 Å². The molecule has 2 saturated heterocycles. The Morgan fingerprint density at radius 3 is 2.39 bits per heavy atom. The average Bonchev–Trinajstić information content (AvgIpc) is 3.44. The van der Waals surface area contributed by atoms with Gasteiger partial charge in [-0.15, -0.1) is 11.3 Å². The molecule has 2 aromatic rings. The fraction of sp³-hybridized carbons (Fsp3) is 0.565. The number of aryl methyl sites for hydroxylation is 1. The van der Waals surface area contributed by atoms with Crippen LogP contribution >= 0.6 is 11.3 Å². The van der Waals surface area contributed by atoms with Gasteiger partial charge in [0.1, 0.15) is 4.88 Å². The van der Waals surface area contributed by atoms with E-state index in [1.54, 1.807) is 12.1 Å². The van der Waals surface area contributed by atoms with Crippen molar-refractivity contribution in [3.8, 4) is 0 Å². The van der Waals surface area contributed by atoms with E-state index >= 15 is 0 Å². The van der Waals surface area contributed by atoms with E-state index in [9.17, 15) is 13.2 Å². The van der Waals surface area contributed by atoms with Crippen molar-refractivity contribution in [1.29, 1.82) is 0 Å². The third-order valence-corrected chi connectivity index (χ3v) is 9.39. The van der Waals surface area contributed by atoms with Crippen molar-refractivity contribution in [1.82, 2.24) is 9.29 Å². The quantitative estimate of drug-likeness (QED) is 0.685. The van der Waals surface area contributed by atoms with E-state index in [2.05, 4.69) is 36.0 Å². The van der Waals surface area contributed by atoms with Crippen molar-refractivity contribution in [2.75, 3.05) is 49.6 Å². The van der Waals surface area contributed by atoms with Gasteiger partial charge in [0, 0.05) is 31.6 Å². The summed E-state index contributed by atoms with van der Waals surface area (Å²) >= 11 is 1.39. The van der Waals surface area contributed by atoms with Crippen molar-refractivity contribution in [3.63, 3.8) is 0 Å². The summed E-state index contributed by atoms with van der Waals surface area (Å²) in [7, 11) is -3.67. The number of hydrogen-bond donors (Lipinski definition) is 1. The summed E-state index contributed by atoms with van der Waals surface area (Å²) in [5.41, 5.74) is 1.89. The smallest absolute Gasteiger partial charge is 0.267 e. The van der Waals surface area contributed by atoms with Crippen molar-refractivity contribution in [2.45, 2.75) is 50.8 Å². The maximum absolute atomic E-state index is 13.3. The number of hydrogen-bond acceptors (Lipinski definition) is 7. The van der Waals surface area contributed by atoms with Crippen LogP contribution in [0.15, 0.2) is 23.1 Å². The second-order valence-electron chi connectivity index (χ2n) is 9.53. The van der Waals surface area contributed by atoms with Crippen LogP contribution in [0.25, 0.3) is 0 Å². The van der Waals surface area contributed by atoms with Gasteiger partial charge in [-0.1, -0.05) is 20.8 Å². The fourth-order valence-electron chi connectivity index (χ4n) is 4.05. The van der Waals surface area contributed by atoms with E-state index in [-0.39, 0.29) is 16.2 Å². The third kappa shape index (κ3) is 5.08. The Hall–Kier alpha value is -2.01. The van der Waals surface area contributed by atoms with E-state index < -0.39 is 10.0 Å². The predicted octanol–water partition coefficient (Wildman–Crippen LogP) is 3.62. The third-order valence-electron chi connectivity index (χ3n) is 5.92. The first-order valence-electron chi connectivity index (χ1n) is 11.3. The highest BCUT2D eigenvalue weighted by atomic mass is 32.2. The summed E-state index contributed by atoms with van der Waals surface area (Å²) in [5.74, 6) is -0.262. The van der Waals surface area contributed by atoms with Crippen molar-refractivity contribution in [2.24, 2.45) is 0 Å². The number of aromatic nitrogens is 1. The van der Waals surface area contributed by atoms with Gasteiger partial charge in [-0.2, -0.15) is 4.31 Å². The summed E-state index contributed by atoms with van der Waals surface area (Å²) in [5, 5.41) is 3.90. The lowest BCUT2D eigenvalue weighted by Crippen LogP contribution is -2.40. The summed E-state index contributed by atoms with van der Waals surface area (Å²) < 4.78 is 33.2. The summed E-state index contributed by atoms with van der Waals surface area (Å²) in [4.78, 5) is 20.8. The minimum absolute atomic E-state index is 0.152. The van der Waals surface area contributed by atoms with Crippen LogP contribution in [0, 0.1) is 6.92 Å². The van der Waals surface area contributed by atoms with Gasteiger partial charge in [-0.3, -0.25) is 4.79 Å². The van der Waals surface area contributed by atoms with Gasteiger partial charge in [0.25, 0.3) is 5.91 Å². The lowest BCUT2D eigenvalue weighted by Gasteiger charge is -2.27. The average molecular weight is 493 g/mol. The zero-order valence-corrected chi connectivity index (χ0v) is 21.3. The monoisotopic (exact) mass is 492 g/mol. The molecule has 2 aliphatic rings. The van der Waals surface area contributed by atoms with E-state index in [0.717, 1.165) is 36.6 Å². The molecule has 0 unspecified atom stereocenters. The molecule has 2 fully saturated rings. The maximum atomic E-state index is 13.3. The molecule has 1 aromatic heterocycles. The van der Waals surface area contributed by atoms with Gasteiger partial charge >= 0.3 is 0 Å². The minimum Gasteiger partial charge on any atom is -0.379 e. The minimum atomic E-state index is -3.67. The number of ether oxygens (including phenoxy) is 1. The molecule has 0 spiro atoms. The number of rotatable bonds is 5. The Morgan fingerprint density at radius 2 is 1.79 bits per heavy atom. The molecule has 4 rings (SSSR count). The summed E-state index contributed by atoms with van der Waals surface area (Å²) in [6.45, 7) is 11.2. The van der Waals surface area contributed by atoms with Gasteiger partial charge in [-0.25, -0.2) is 13.4 Å². The SMILES string of the molecule is Cc1nc(C(C)(C)C)sc1C(=O)Nc1cc(S(=O)(=O)N2CCOCC2)ccc1N1CCCC1. The molecule has 3 heterocycles. The lowest BCUT2D eigenvalue weighted by molar-refractivity contribution is 0.0730. The van der Waals surface area contributed by atoms with Crippen LogP contribution < -0.4 is 10.2 Å². The number of morpholine rings is 1. The molecule has 0 radical (unpaired) electrons. The molecule has 180 valence electrons. The molecule has 1 amide bonds. The van der Waals surface area contributed by atoms with Crippen LogP contribution in [-0.4, -0.2) is 63.0 Å². The maximum Gasteiger partial charge on any atom is 0.267 e. The Balaban J connectivity index is 1.68. The second-order valence-corrected chi connectivity index (χ2v) is 12.5. The Morgan fingerprint density at radius 1 is 1.12 bits per heavy atom. The number of benzene rings is 1. The highest BCUT2D eigenvalue weighted by Gasteiger charge is 2.29. The molecule has 10 heteroatoms. The number of amides is 1. The fourth-order valence-corrected chi connectivity index (χ4v) is 6.51. The van der Waals surface area contributed by atoms with Crippen molar-refractivity contribution < 1.29 is 17.9 Å². The summed E-state index contributed by atoms with van der Waals surface area (Å²) in [6, 6.07) is 5.05. The molecule has 1 aromatic carbocycles. The van der Waals surface area contributed by atoms with Gasteiger partial charge < -0.3 is 15.0 Å². The molecule has 0 atom stereocenters. The second kappa shape index (κ2) is 9.32. The molecule has 2 aliphatic heterocycles. The molecule has 0 saturated carbocycles. The van der Waals surface area contributed by atoms with Crippen molar-refractivity contribution >= 4 is 38.6 Å². The molecule has 33 heavy (non-hydrogen) atoms. The molecular formula is C23H32N4O4S2. The lowest BCUT2D eigenvalue weighted by atomic mass is 9.98. The van der Waals surface area contributed by atoms with Gasteiger partial charge in [-0.05, 0) is 38.0 Å². The topological polar surface area (TPSA) is 91.8 Å². The normalized spacial score (nSPS) is 18.0. The molecule has 1 N–H and O–H groups in total. The van der Waals surface area contributed by atoms with E-state index in [4.69, 9.17) is 4.74 Å². The van der Waals surface area contributed by atoms with Gasteiger partial charge in [0.05, 0.1) is 40.2 Å². The van der Waals surface area contributed by atoms with Crippen LogP contribution in [0.4, 0.5) is 11.4 Å². The number of anilines is 2. The number of carbonyl (C=O) groups excluding carboxylic acids is 1. The number of sulfonamides is 1. The largest absolute Gasteiger partial charge is 0.379 e. The number of nitrogens with zero attached hydrogens (tertiary/aromatic N) is 3. The number of nitrogens with one attached hydrogen (secondary N) is 1. The van der Waals surface area contributed by atoms with Crippen molar-refractivity contribution in [3.05, 3.63) is 33.8 Å². The van der Waals surface area contributed by atoms with Crippen LogP contribution in [0.3, 0.4) is 0 Å². The van der Waals surface area contributed by atoms with Crippen LogP contribution in [0.1, 0.15) is 54.0 Å². The first-order valence-corrected chi connectivity index (χ1v) is 13.6. The van der Waals surface area contributed by atoms with E-state index in [0.29, 0.717) is 42.6 Å². The molecular weight excluding hydrogens is 460 g/mol. The Labute approximate surface area is 200 Å². The molecule has 0 bridgehead atoms. The molecule has 8 nitrogen and oxygen atoms in total. The predicted molar refractivity (Wildman–Crippen MR) is 131 cm³/mol. The Bertz CT molecular complexity index is 1130. The highest BCUT2D eigenvalue weighted by molar-refractivity contribution is 7.89. The zero-order chi connectivity index (χ0) is 23.8.